The van der Waals surface area contributed by atoms with Gasteiger partial charge in [-0.15, -0.1) is 10.2 Å². The molecule has 0 aliphatic heterocycles. The number of nitrogens with one attached hydrogen (secondary N) is 1. The van der Waals surface area contributed by atoms with E-state index in [0.29, 0.717) is 21.0 Å². The number of anilines is 1. The summed E-state index contributed by atoms with van der Waals surface area (Å²) in [5, 5.41) is 10.7. The molecular weight excluding hydrogens is 366 g/mol. The first-order chi connectivity index (χ1) is 12.0. The van der Waals surface area contributed by atoms with Crippen molar-refractivity contribution >= 4 is 40.1 Å². The number of hydrogen-bond donors (Lipinski definition) is 1. The van der Waals surface area contributed by atoms with E-state index in [0.717, 1.165) is 0 Å². The normalized spacial score (nSPS) is 11.5. The minimum absolute atomic E-state index is 0.135. The zero-order valence-corrected chi connectivity index (χ0v) is 15.5. The summed E-state index contributed by atoms with van der Waals surface area (Å²) < 4.78 is 15.7. The number of thioether (sulfide) groups is 1. The molecule has 0 fully saturated rings. The fraction of sp³-hybridized carbons (Fsp3) is 0.333. The summed E-state index contributed by atoms with van der Waals surface area (Å²) in [6.07, 6.45) is -0.719. The van der Waals surface area contributed by atoms with E-state index in [9.17, 15) is 9.59 Å². The average molecular weight is 383 g/mol. The molecule has 10 heteroatoms. The van der Waals surface area contributed by atoms with Gasteiger partial charge >= 0.3 is 5.97 Å². The Morgan fingerprint density at radius 1 is 1.20 bits per heavy atom. The molecule has 1 aromatic carbocycles. The lowest BCUT2D eigenvalue weighted by molar-refractivity contribution is -0.137. The van der Waals surface area contributed by atoms with Crippen molar-refractivity contribution < 1.29 is 23.8 Å². The van der Waals surface area contributed by atoms with Crippen molar-refractivity contribution in [3.05, 3.63) is 24.3 Å². The molecule has 25 heavy (non-hydrogen) atoms. The van der Waals surface area contributed by atoms with Crippen molar-refractivity contribution in [2.45, 2.75) is 17.4 Å². The summed E-state index contributed by atoms with van der Waals surface area (Å²) in [4.78, 5) is 23.3. The molecule has 1 atom stereocenters. The summed E-state index contributed by atoms with van der Waals surface area (Å²) in [7, 11) is 2.89. The third kappa shape index (κ3) is 5.91. The van der Waals surface area contributed by atoms with Crippen LogP contribution >= 0.6 is 23.1 Å². The third-order valence-corrected chi connectivity index (χ3v) is 4.86. The van der Waals surface area contributed by atoms with Crippen LogP contribution in [0.25, 0.3) is 0 Å². The highest BCUT2D eigenvalue weighted by atomic mass is 32.2. The van der Waals surface area contributed by atoms with Crippen LogP contribution in [0.4, 0.5) is 5.13 Å². The van der Waals surface area contributed by atoms with Gasteiger partial charge in [-0.1, -0.05) is 23.1 Å². The predicted molar refractivity (Wildman–Crippen MR) is 94.4 cm³/mol. The van der Waals surface area contributed by atoms with E-state index in [-0.39, 0.29) is 17.6 Å². The number of methoxy groups -OCH3 is 2. The molecule has 0 radical (unpaired) electrons. The van der Waals surface area contributed by atoms with E-state index >= 15 is 0 Å². The van der Waals surface area contributed by atoms with Crippen molar-refractivity contribution in [2.24, 2.45) is 0 Å². The molecule has 0 saturated heterocycles. The van der Waals surface area contributed by atoms with Crippen LogP contribution in [0.3, 0.4) is 0 Å². The molecule has 2 aromatic rings. The quantitative estimate of drug-likeness (QED) is 0.421. The van der Waals surface area contributed by atoms with Gasteiger partial charge in [0.15, 0.2) is 10.4 Å². The molecule has 0 bridgehead atoms. The van der Waals surface area contributed by atoms with Crippen LogP contribution in [0, 0.1) is 0 Å². The highest BCUT2D eigenvalue weighted by molar-refractivity contribution is 8.01. The average Bonchev–Trinajstić information content (AvgIpc) is 3.07. The largest absolute Gasteiger partial charge is 0.497 e. The van der Waals surface area contributed by atoms with Gasteiger partial charge in [0.05, 0.1) is 20.0 Å². The molecule has 134 valence electrons. The van der Waals surface area contributed by atoms with Gasteiger partial charge in [0.25, 0.3) is 5.91 Å². The molecule has 0 unspecified atom stereocenters. The Balaban J connectivity index is 1.85. The van der Waals surface area contributed by atoms with Gasteiger partial charge in [0, 0.05) is 0 Å². The lowest BCUT2D eigenvalue weighted by Gasteiger charge is -2.13. The maximum Gasteiger partial charge on any atom is 0.316 e. The number of nitrogens with zero attached hydrogens (tertiary/aromatic N) is 2. The number of amides is 1. The van der Waals surface area contributed by atoms with Crippen LogP contribution in [0.15, 0.2) is 28.6 Å². The van der Waals surface area contributed by atoms with Gasteiger partial charge in [-0.2, -0.15) is 0 Å². The van der Waals surface area contributed by atoms with Crippen LogP contribution in [-0.4, -0.2) is 48.2 Å². The first-order valence-corrected chi connectivity index (χ1v) is 8.96. The van der Waals surface area contributed by atoms with Crippen LogP contribution < -0.4 is 14.8 Å². The molecule has 1 heterocycles. The standard InChI is InChI=1S/C15H17N3O5S2/c1-9(23-11-6-4-10(21-2)5-7-11)13(20)16-14-17-18-15(25-14)24-8-12(19)22-3/h4-7,9H,8H2,1-3H3,(H,16,17,20)/t9-/m0/s1. The van der Waals surface area contributed by atoms with Crippen molar-refractivity contribution in [3.63, 3.8) is 0 Å². The minimum atomic E-state index is -0.719. The summed E-state index contributed by atoms with van der Waals surface area (Å²) in [5.41, 5.74) is 0. The van der Waals surface area contributed by atoms with Crippen molar-refractivity contribution in [3.8, 4) is 11.5 Å². The number of carbonyl (C=O) groups excluding carboxylic acids is 2. The Hall–Kier alpha value is -2.33. The highest BCUT2D eigenvalue weighted by Crippen LogP contribution is 2.25. The van der Waals surface area contributed by atoms with Crippen LogP contribution in [0.1, 0.15) is 6.92 Å². The number of hydrogen-bond acceptors (Lipinski definition) is 9. The Labute approximate surface area is 152 Å². The van der Waals surface area contributed by atoms with Gasteiger partial charge in [-0.05, 0) is 31.2 Å². The SMILES string of the molecule is COC(=O)CSc1nnc(NC(=O)[C@H](C)Oc2ccc(OC)cc2)s1. The molecule has 0 spiro atoms. The third-order valence-electron chi connectivity index (χ3n) is 2.92. The summed E-state index contributed by atoms with van der Waals surface area (Å²) in [5.74, 6) is 0.685. The molecule has 0 aliphatic rings. The van der Waals surface area contributed by atoms with Gasteiger partial charge in [0.1, 0.15) is 11.5 Å². The van der Waals surface area contributed by atoms with Crippen molar-refractivity contribution in [1.29, 1.82) is 0 Å². The van der Waals surface area contributed by atoms with Gasteiger partial charge in [-0.3, -0.25) is 14.9 Å². The Bertz CT molecular complexity index is 720. The summed E-state index contributed by atoms with van der Waals surface area (Å²) in [6.45, 7) is 1.63. The Morgan fingerprint density at radius 2 is 1.88 bits per heavy atom. The maximum atomic E-state index is 12.2. The number of aromatic nitrogens is 2. The highest BCUT2D eigenvalue weighted by Gasteiger charge is 2.17. The second-order valence-electron chi connectivity index (χ2n) is 4.66. The molecule has 2 rings (SSSR count). The van der Waals surface area contributed by atoms with E-state index in [4.69, 9.17) is 9.47 Å². The van der Waals surface area contributed by atoms with Gasteiger partial charge < -0.3 is 14.2 Å². The molecule has 0 aliphatic carbocycles. The number of benzene rings is 1. The Kier molecular flexibility index (Phi) is 7.02. The zero-order valence-electron chi connectivity index (χ0n) is 13.8. The number of ether oxygens (including phenoxy) is 3. The smallest absolute Gasteiger partial charge is 0.316 e. The number of esters is 1. The molecule has 1 N–H and O–H groups in total. The molecule has 8 nitrogen and oxygen atoms in total. The minimum Gasteiger partial charge on any atom is -0.497 e. The van der Waals surface area contributed by atoms with Crippen LogP contribution in [-0.2, 0) is 14.3 Å². The summed E-state index contributed by atoms with van der Waals surface area (Å²) in [6, 6.07) is 6.93. The number of rotatable bonds is 8. The number of carbonyl (C=O) groups is 2. The fourth-order valence-corrected chi connectivity index (χ4v) is 3.20. The van der Waals surface area contributed by atoms with Crippen molar-refractivity contribution in [1.82, 2.24) is 10.2 Å². The first-order valence-electron chi connectivity index (χ1n) is 7.16. The van der Waals surface area contributed by atoms with Crippen LogP contribution in [0.2, 0.25) is 0 Å². The topological polar surface area (TPSA) is 99.6 Å². The molecule has 1 amide bonds. The van der Waals surface area contributed by atoms with E-state index in [1.807, 2.05) is 0 Å². The van der Waals surface area contributed by atoms with Gasteiger partial charge in [-0.25, -0.2) is 0 Å². The summed E-state index contributed by atoms with van der Waals surface area (Å²) >= 11 is 2.36. The molecule has 1 aromatic heterocycles. The molecular formula is C15H17N3O5S2. The maximum absolute atomic E-state index is 12.2. The fourth-order valence-electron chi connectivity index (χ4n) is 1.62. The van der Waals surface area contributed by atoms with E-state index in [1.54, 1.807) is 38.3 Å². The van der Waals surface area contributed by atoms with Gasteiger partial charge in [0.2, 0.25) is 5.13 Å². The van der Waals surface area contributed by atoms with E-state index in [2.05, 4.69) is 20.3 Å². The lowest BCUT2D eigenvalue weighted by atomic mass is 10.3. The second-order valence-corrected chi connectivity index (χ2v) is 6.86. The molecule has 0 saturated carbocycles. The predicted octanol–water partition coefficient (Wildman–Crippen LogP) is 2.22. The van der Waals surface area contributed by atoms with Crippen molar-refractivity contribution in [2.75, 3.05) is 25.3 Å². The zero-order chi connectivity index (χ0) is 18.2. The first kappa shape index (κ1) is 19.0. The lowest BCUT2D eigenvalue weighted by Crippen LogP contribution is -2.30. The second kappa shape index (κ2) is 9.23. The van der Waals surface area contributed by atoms with E-state index in [1.165, 1.54) is 30.2 Å². The van der Waals surface area contributed by atoms with Crippen LogP contribution in [0.5, 0.6) is 11.5 Å². The Morgan fingerprint density at radius 3 is 2.52 bits per heavy atom. The monoisotopic (exact) mass is 383 g/mol. The van der Waals surface area contributed by atoms with E-state index < -0.39 is 6.10 Å².